The van der Waals surface area contributed by atoms with Gasteiger partial charge in [0.2, 0.25) is 0 Å². The molecule has 1 aromatic carbocycles. The fourth-order valence-electron chi connectivity index (χ4n) is 1.62. The average Bonchev–Trinajstić information content (AvgIpc) is 2.34. The van der Waals surface area contributed by atoms with Gasteiger partial charge >= 0.3 is 0 Å². The average molecular weight is 310 g/mol. The fraction of sp³-hybridized carbons (Fsp3) is 0.154. The number of rotatable bonds is 4. The van der Waals surface area contributed by atoms with Gasteiger partial charge in [-0.2, -0.15) is 0 Å². The van der Waals surface area contributed by atoms with Crippen molar-refractivity contribution in [3.05, 3.63) is 52.4 Å². The highest BCUT2D eigenvalue weighted by Gasteiger charge is 2.03. The lowest BCUT2D eigenvalue weighted by Gasteiger charge is -2.08. The second kappa shape index (κ2) is 5.82. The van der Waals surface area contributed by atoms with Crippen LogP contribution in [0.5, 0.6) is 0 Å². The molecule has 0 saturated heterocycles. The van der Waals surface area contributed by atoms with Crippen molar-refractivity contribution < 1.29 is 4.39 Å². The number of pyridine rings is 1. The Balaban J connectivity index is 1.95. The van der Waals surface area contributed by atoms with Crippen LogP contribution in [-0.4, -0.2) is 11.5 Å². The van der Waals surface area contributed by atoms with Crippen LogP contribution < -0.4 is 11.1 Å². The molecule has 3 nitrogen and oxygen atoms in total. The lowest BCUT2D eigenvalue weighted by Crippen LogP contribution is -2.09. The summed E-state index contributed by atoms with van der Waals surface area (Å²) in [6.45, 7) is 0.583. The van der Waals surface area contributed by atoms with Gasteiger partial charge in [-0.3, -0.25) is 0 Å². The van der Waals surface area contributed by atoms with Crippen LogP contribution in [0.3, 0.4) is 0 Å². The SMILES string of the molecule is Nc1cc(Br)cnc1NCCc1ccccc1F. The molecule has 2 aromatic rings. The Hall–Kier alpha value is -1.62. The van der Waals surface area contributed by atoms with Crippen LogP contribution in [0, 0.1) is 5.82 Å². The van der Waals surface area contributed by atoms with Crippen molar-refractivity contribution >= 4 is 27.4 Å². The second-order valence-electron chi connectivity index (χ2n) is 3.86. The standard InChI is InChI=1S/C13H13BrFN3/c14-10-7-12(16)13(18-8-10)17-6-5-9-3-1-2-4-11(9)15/h1-4,7-8H,5-6,16H2,(H,17,18). The summed E-state index contributed by atoms with van der Waals surface area (Å²) in [5.74, 6) is 0.436. The van der Waals surface area contributed by atoms with E-state index < -0.39 is 0 Å². The van der Waals surface area contributed by atoms with Crippen molar-refractivity contribution in [2.45, 2.75) is 6.42 Å². The van der Waals surface area contributed by atoms with Crippen LogP contribution in [0.25, 0.3) is 0 Å². The highest BCUT2D eigenvalue weighted by atomic mass is 79.9. The van der Waals surface area contributed by atoms with Gasteiger partial charge in [0, 0.05) is 17.2 Å². The van der Waals surface area contributed by atoms with Crippen LogP contribution in [0.1, 0.15) is 5.56 Å². The van der Waals surface area contributed by atoms with Crippen molar-refractivity contribution in [3.63, 3.8) is 0 Å². The minimum absolute atomic E-state index is 0.184. The molecule has 18 heavy (non-hydrogen) atoms. The molecule has 0 fully saturated rings. The van der Waals surface area contributed by atoms with Gasteiger partial charge in [-0.05, 0) is 40.0 Å². The Labute approximate surface area is 113 Å². The van der Waals surface area contributed by atoms with E-state index in [0.717, 1.165) is 4.47 Å². The van der Waals surface area contributed by atoms with Crippen molar-refractivity contribution in [2.24, 2.45) is 0 Å². The highest BCUT2D eigenvalue weighted by molar-refractivity contribution is 9.10. The van der Waals surface area contributed by atoms with Gasteiger partial charge in [-0.25, -0.2) is 9.37 Å². The van der Waals surface area contributed by atoms with E-state index in [9.17, 15) is 4.39 Å². The Morgan fingerprint density at radius 3 is 2.83 bits per heavy atom. The molecule has 0 aliphatic heterocycles. The predicted octanol–water partition coefficient (Wildman–Crippen LogP) is 3.22. The molecule has 1 aromatic heterocycles. The third-order valence-electron chi connectivity index (χ3n) is 2.53. The monoisotopic (exact) mass is 309 g/mol. The number of benzene rings is 1. The minimum atomic E-state index is -0.184. The predicted molar refractivity (Wildman–Crippen MR) is 74.9 cm³/mol. The molecule has 94 valence electrons. The summed E-state index contributed by atoms with van der Waals surface area (Å²) in [5, 5.41) is 3.09. The summed E-state index contributed by atoms with van der Waals surface area (Å²) in [5.41, 5.74) is 7.05. The van der Waals surface area contributed by atoms with Crippen LogP contribution >= 0.6 is 15.9 Å². The first-order chi connectivity index (χ1) is 8.66. The smallest absolute Gasteiger partial charge is 0.149 e. The Morgan fingerprint density at radius 1 is 1.33 bits per heavy atom. The largest absolute Gasteiger partial charge is 0.396 e. The van der Waals surface area contributed by atoms with Crippen molar-refractivity contribution in [2.75, 3.05) is 17.6 Å². The molecule has 0 bridgehead atoms. The number of nitrogens with one attached hydrogen (secondary N) is 1. The maximum atomic E-state index is 13.4. The Bertz CT molecular complexity index is 546. The van der Waals surface area contributed by atoms with E-state index in [2.05, 4.69) is 26.2 Å². The van der Waals surface area contributed by atoms with Crippen LogP contribution in [-0.2, 0) is 6.42 Å². The lowest BCUT2D eigenvalue weighted by molar-refractivity contribution is 0.610. The highest BCUT2D eigenvalue weighted by Crippen LogP contribution is 2.19. The number of nitrogens with two attached hydrogens (primary N) is 1. The third-order valence-corrected chi connectivity index (χ3v) is 2.96. The van der Waals surface area contributed by atoms with E-state index in [4.69, 9.17) is 5.73 Å². The maximum Gasteiger partial charge on any atom is 0.149 e. The van der Waals surface area contributed by atoms with Gasteiger partial charge in [0.05, 0.1) is 5.69 Å². The maximum absolute atomic E-state index is 13.4. The Morgan fingerprint density at radius 2 is 2.11 bits per heavy atom. The molecule has 0 radical (unpaired) electrons. The first kappa shape index (κ1) is 12.8. The van der Waals surface area contributed by atoms with Gasteiger partial charge < -0.3 is 11.1 Å². The summed E-state index contributed by atoms with van der Waals surface area (Å²) in [6, 6.07) is 8.51. The number of halogens is 2. The molecule has 0 unspecified atom stereocenters. The molecule has 0 amide bonds. The van der Waals surface area contributed by atoms with E-state index >= 15 is 0 Å². The molecular formula is C13H13BrFN3. The van der Waals surface area contributed by atoms with E-state index in [0.29, 0.717) is 30.0 Å². The molecule has 0 aliphatic carbocycles. The van der Waals surface area contributed by atoms with Gasteiger partial charge in [0.25, 0.3) is 0 Å². The van der Waals surface area contributed by atoms with Gasteiger partial charge in [-0.1, -0.05) is 18.2 Å². The quantitative estimate of drug-likeness (QED) is 0.911. The third kappa shape index (κ3) is 3.20. The molecule has 3 N–H and O–H groups in total. The second-order valence-corrected chi connectivity index (χ2v) is 4.78. The first-order valence-corrected chi connectivity index (χ1v) is 6.34. The zero-order chi connectivity index (χ0) is 13.0. The summed E-state index contributed by atoms with van der Waals surface area (Å²) in [6.07, 6.45) is 2.26. The molecule has 2 rings (SSSR count). The van der Waals surface area contributed by atoms with Gasteiger partial charge in [0.15, 0.2) is 0 Å². The van der Waals surface area contributed by atoms with Crippen LogP contribution in [0.15, 0.2) is 41.0 Å². The molecule has 5 heteroatoms. The fourth-order valence-corrected chi connectivity index (χ4v) is 1.97. The van der Waals surface area contributed by atoms with E-state index in [-0.39, 0.29) is 5.82 Å². The van der Waals surface area contributed by atoms with E-state index in [1.165, 1.54) is 6.07 Å². The topological polar surface area (TPSA) is 50.9 Å². The lowest BCUT2D eigenvalue weighted by atomic mass is 10.1. The zero-order valence-electron chi connectivity index (χ0n) is 9.66. The number of hydrogen-bond acceptors (Lipinski definition) is 3. The zero-order valence-corrected chi connectivity index (χ0v) is 11.2. The number of nitrogen functional groups attached to an aromatic ring is 1. The van der Waals surface area contributed by atoms with Crippen molar-refractivity contribution in [1.29, 1.82) is 0 Å². The molecule has 1 heterocycles. The minimum Gasteiger partial charge on any atom is -0.396 e. The first-order valence-electron chi connectivity index (χ1n) is 5.55. The molecular weight excluding hydrogens is 297 g/mol. The molecule has 0 spiro atoms. The summed E-state index contributed by atoms with van der Waals surface area (Å²) in [4.78, 5) is 4.15. The summed E-state index contributed by atoms with van der Waals surface area (Å²) < 4.78 is 14.2. The number of anilines is 2. The number of aromatic nitrogens is 1. The van der Waals surface area contributed by atoms with Crippen molar-refractivity contribution in [1.82, 2.24) is 4.98 Å². The van der Waals surface area contributed by atoms with E-state index in [1.54, 1.807) is 24.4 Å². The van der Waals surface area contributed by atoms with Crippen LogP contribution in [0.2, 0.25) is 0 Å². The molecule has 0 saturated carbocycles. The van der Waals surface area contributed by atoms with Crippen molar-refractivity contribution in [3.8, 4) is 0 Å². The normalized spacial score (nSPS) is 10.3. The number of nitrogens with zero attached hydrogens (tertiary/aromatic N) is 1. The van der Waals surface area contributed by atoms with Gasteiger partial charge in [-0.15, -0.1) is 0 Å². The Kier molecular flexibility index (Phi) is 4.15. The van der Waals surface area contributed by atoms with E-state index in [1.807, 2.05) is 6.07 Å². The van der Waals surface area contributed by atoms with Gasteiger partial charge in [0.1, 0.15) is 11.6 Å². The summed E-state index contributed by atoms with van der Waals surface area (Å²) in [7, 11) is 0. The molecule has 0 aliphatic rings. The summed E-state index contributed by atoms with van der Waals surface area (Å²) >= 11 is 3.29. The number of hydrogen-bond donors (Lipinski definition) is 2. The molecule has 0 atom stereocenters. The van der Waals surface area contributed by atoms with Crippen LogP contribution in [0.4, 0.5) is 15.9 Å².